The van der Waals surface area contributed by atoms with E-state index < -0.39 is 77.2 Å². The number of hydrogen-bond acceptors (Lipinski definition) is 9. The molecule has 322 valence electrons. The van der Waals surface area contributed by atoms with Crippen LogP contribution >= 0.6 is 0 Å². The van der Waals surface area contributed by atoms with E-state index >= 15 is 0 Å². The van der Waals surface area contributed by atoms with E-state index in [-0.39, 0.29) is 30.6 Å². The van der Waals surface area contributed by atoms with Crippen molar-refractivity contribution in [1.29, 1.82) is 0 Å². The molecule has 16 nitrogen and oxygen atoms in total. The van der Waals surface area contributed by atoms with Crippen molar-refractivity contribution in [1.82, 2.24) is 35.7 Å². The van der Waals surface area contributed by atoms with E-state index in [9.17, 15) is 33.9 Å². The van der Waals surface area contributed by atoms with Crippen LogP contribution in [0.4, 0.5) is 10.5 Å². The average molecular weight is 826 g/mol. The summed E-state index contributed by atoms with van der Waals surface area (Å²) >= 11 is 0. The van der Waals surface area contributed by atoms with Gasteiger partial charge in [0.05, 0.1) is 24.2 Å². The molecule has 2 heterocycles. The topological polar surface area (TPSA) is 229 Å². The van der Waals surface area contributed by atoms with Crippen LogP contribution in [0.5, 0.6) is 0 Å². The van der Waals surface area contributed by atoms with Crippen LogP contribution in [0.2, 0.25) is 0 Å². The maximum atomic E-state index is 14.8. The van der Waals surface area contributed by atoms with Gasteiger partial charge >= 0.3 is 6.03 Å². The number of anilines is 1. The van der Waals surface area contributed by atoms with Crippen molar-refractivity contribution >= 4 is 52.0 Å². The average Bonchev–Trinajstić information content (AvgIpc) is 3.68. The fourth-order valence-corrected chi connectivity index (χ4v) is 8.66. The second kappa shape index (κ2) is 19.2. The monoisotopic (exact) mass is 825 g/mol. The zero-order valence-corrected chi connectivity index (χ0v) is 34.9. The molecule has 2 saturated carbocycles. The Balaban J connectivity index is 1.25. The summed E-state index contributed by atoms with van der Waals surface area (Å²) < 4.78 is 0. The van der Waals surface area contributed by atoms with Gasteiger partial charge in [0.25, 0.3) is 5.91 Å². The highest BCUT2D eigenvalue weighted by Crippen LogP contribution is 2.33. The number of primary amides is 1. The minimum atomic E-state index is -1.63. The lowest BCUT2D eigenvalue weighted by Gasteiger charge is -2.38. The summed E-state index contributed by atoms with van der Waals surface area (Å²) in [7, 11) is 1.54. The van der Waals surface area contributed by atoms with Gasteiger partial charge in [0.2, 0.25) is 23.6 Å². The van der Waals surface area contributed by atoms with Gasteiger partial charge in [0, 0.05) is 38.2 Å². The van der Waals surface area contributed by atoms with Crippen LogP contribution < -0.4 is 27.0 Å². The largest absolute Gasteiger partial charge is 0.381 e. The second-order valence-electron chi connectivity index (χ2n) is 17.8. The number of aliphatic hydroxyl groups is 1. The number of urea groups is 1. The molecule has 7 N–H and O–H groups in total. The predicted molar refractivity (Wildman–Crippen MR) is 225 cm³/mol. The molecule has 3 unspecified atom stereocenters. The third kappa shape index (κ3) is 10.6. The summed E-state index contributed by atoms with van der Waals surface area (Å²) in [5.41, 5.74) is 5.28. The highest BCUT2D eigenvalue weighted by atomic mass is 16.3. The Labute approximate surface area is 350 Å². The lowest BCUT2D eigenvalue weighted by Crippen LogP contribution is -2.61. The summed E-state index contributed by atoms with van der Waals surface area (Å²) in [6, 6.07) is 8.89. The standard InChI is InChI=1S/C44H59N9O7/c1-44(2,3)37(51-41(58)35(28-14-6-5-7-15-28)50-40(57)33-23-46-19-20-47-33)42(59)52(4)34-25-53(43(60)48-30-18-17-27-13-8-9-16-29(27)22-30)24-31(34)39(56)49-32(36(54)38(45)55)21-26-11-10-12-26/h8-9,13,16-20,22-23,26,28,31-32,34-37,54H,5-7,10-12,14-15,21,24-25H2,1-4H3,(H2,45,55)(H,48,60)(H,49,56)(H,50,57)(H,51,58)/t31?,32-,34?,35-,36?,37+/m0/s1. The lowest BCUT2D eigenvalue weighted by atomic mass is 9.79. The van der Waals surface area contributed by atoms with E-state index in [0.717, 1.165) is 62.1 Å². The minimum absolute atomic E-state index is 0.0327. The molecule has 0 radical (unpaired) electrons. The molecule has 0 bridgehead atoms. The van der Waals surface area contributed by atoms with Gasteiger partial charge in [-0.1, -0.05) is 89.6 Å². The minimum Gasteiger partial charge on any atom is -0.381 e. The number of carbonyl (C=O) groups is 6. The first-order chi connectivity index (χ1) is 28.6. The SMILES string of the molecule is CN(C(=O)[C@@H](NC(=O)[C@@H](NC(=O)c1cnccn1)C1CCCCC1)C(C)(C)C)C1CN(C(=O)Nc2ccc3ccccc3c2)CC1C(=O)N[C@@H](CC1CCC1)C(O)C(N)=O. The molecular formula is C44H59N9O7. The van der Waals surface area contributed by atoms with Crippen molar-refractivity contribution < 1.29 is 33.9 Å². The first kappa shape index (κ1) is 43.9. The summed E-state index contributed by atoms with van der Waals surface area (Å²) in [6.07, 6.45) is 9.95. The first-order valence-corrected chi connectivity index (χ1v) is 21.1. The van der Waals surface area contributed by atoms with Crippen LogP contribution in [0.1, 0.15) is 89.0 Å². The van der Waals surface area contributed by atoms with Crippen molar-refractivity contribution in [2.45, 2.75) is 109 Å². The predicted octanol–water partition coefficient (Wildman–Crippen LogP) is 3.35. The van der Waals surface area contributed by atoms with Crippen LogP contribution in [0.25, 0.3) is 10.8 Å². The van der Waals surface area contributed by atoms with Gasteiger partial charge in [-0.15, -0.1) is 0 Å². The third-order valence-electron chi connectivity index (χ3n) is 12.5. The normalized spacial score (nSPS) is 20.5. The number of rotatable bonds is 14. The van der Waals surface area contributed by atoms with E-state index in [0.29, 0.717) is 12.1 Å². The molecule has 6 atom stereocenters. The molecule has 0 spiro atoms. The summed E-state index contributed by atoms with van der Waals surface area (Å²) in [5, 5.41) is 24.4. The Morgan fingerprint density at radius 3 is 2.25 bits per heavy atom. The Bertz CT molecular complexity index is 2030. The van der Waals surface area contributed by atoms with Crippen LogP contribution in [0, 0.1) is 23.2 Å². The number of nitrogens with two attached hydrogens (primary N) is 1. The van der Waals surface area contributed by atoms with E-state index in [2.05, 4.69) is 31.2 Å². The van der Waals surface area contributed by atoms with Crippen LogP contribution in [0.15, 0.2) is 61.1 Å². The maximum absolute atomic E-state index is 14.8. The van der Waals surface area contributed by atoms with Crippen molar-refractivity contribution in [2.75, 3.05) is 25.5 Å². The summed E-state index contributed by atoms with van der Waals surface area (Å²) in [4.78, 5) is 93.8. The molecule has 1 saturated heterocycles. The van der Waals surface area contributed by atoms with Gasteiger partial charge < -0.3 is 41.9 Å². The quantitative estimate of drug-likeness (QED) is 0.140. The number of likely N-dealkylation sites (tertiary alicyclic amines) is 1. The van der Waals surface area contributed by atoms with Crippen LogP contribution in [0.3, 0.4) is 0 Å². The van der Waals surface area contributed by atoms with Gasteiger partial charge in [-0.05, 0) is 59.4 Å². The molecule has 6 rings (SSSR count). The van der Waals surface area contributed by atoms with Crippen molar-refractivity contribution in [3.8, 4) is 0 Å². The Morgan fingerprint density at radius 2 is 1.62 bits per heavy atom. The molecule has 60 heavy (non-hydrogen) atoms. The molecule has 16 heteroatoms. The zero-order chi connectivity index (χ0) is 43.1. The molecule has 7 amide bonds. The fourth-order valence-electron chi connectivity index (χ4n) is 8.66. The molecule has 1 aromatic heterocycles. The smallest absolute Gasteiger partial charge is 0.321 e. The Kier molecular flexibility index (Phi) is 14.0. The molecule has 2 aliphatic carbocycles. The maximum Gasteiger partial charge on any atom is 0.321 e. The number of aromatic nitrogens is 2. The number of amides is 7. The van der Waals surface area contributed by atoms with Gasteiger partial charge in [0.15, 0.2) is 6.10 Å². The fraction of sp³-hybridized carbons (Fsp3) is 0.545. The molecule has 3 aliphatic rings. The molecule has 1 aliphatic heterocycles. The number of fused-ring (bicyclic) bond motifs is 1. The zero-order valence-electron chi connectivity index (χ0n) is 34.9. The second-order valence-corrected chi connectivity index (χ2v) is 17.8. The lowest BCUT2D eigenvalue weighted by molar-refractivity contribution is -0.142. The van der Waals surface area contributed by atoms with Gasteiger partial charge in [-0.3, -0.25) is 29.0 Å². The van der Waals surface area contributed by atoms with Gasteiger partial charge in [0.1, 0.15) is 17.8 Å². The summed E-state index contributed by atoms with van der Waals surface area (Å²) in [6.45, 7) is 5.33. The summed E-state index contributed by atoms with van der Waals surface area (Å²) in [5.74, 6) is -4.03. The number of aliphatic hydroxyl groups excluding tert-OH is 1. The highest BCUT2D eigenvalue weighted by molar-refractivity contribution is 5.98. The van der Waals surface area contributed by atoms with Crippen LogP contribution in [-0.2, 0) is 19.2 Å². The number of nitrogens with zero attached hydrogens (tertiary/aromatic N) is 4. The number of nitrogens with one attached hydrogen (secondary N) is 4. The van der Waals surface area contributed by atoms with E-state index in [1.165, 1.54) is 28.4 Å². The number of hydrogen-bond donors (Lipinski definition) is 6. The van der Waals surface area contributed by atoms with Gasteiger partial charge in [-0.2, -0.15) is 0 Å². The molecule has 2 aromatic carbocycles. The van der Waals surface area contributed by atoms with E-state index in [1.807, 2.05) is 57.2 Å². The van der Waals surface area contributed by atoms with E-state index in [4.69, 9.17) is 5.73 Å². The van der Waals surface area contributed by atoms with Gasteiger partial charge in [-0.25, -0.2) is 9.78 Å². The highest BCUT2D eigenvalue weighted by Gasteiger charge is 2.47. The third-order valence-corrected chi connectivity index (χ3v) is 12.5. The number of benzene rings is 2. The van der Waals surface area contributed by atoms with Crippen LogP contribution in [-0.4, -0.2) is 111 Å². The first-order valence-electron chi connectivity index (χ1n) is 21.1. The van der Waals surface area contributed by atoms with E-state index in [1.54, 1.807) is 13.1 Å². The number of carbonyl (C=O) groups excluding carboxylic acids is 6. The molecular weight excluding hydrogens is 767 g/mol. The molecule has 3 fully saturated rings. The number of likely N-dealkylation sites (N-methyl/N-ethyl adjacent to an activating group) is 1. The Hall–Kier alpha value is -5.64. The van der Waals surface area contributed by atoms with Crippen molar-refractivity contribution in [2.24, 2.45) is 28.9 Å². The van der Waals surface area contributed by atoms with Crippen molar-refractivity contribution in [3.63, 3.8) is 0 Å². The molecule has 3 aromatic rings. The Morgan fingerprint density at radius 1 is 0.900 bits per heavy atom. The van der Waals surface area contributed by atoms with Crippen molar-refractivity contribution in [3.05, 3.63) is 66.7 Å².